The van der Waals surface area contributed by atoms with E-state index in [1.165, 1.54) is 11.3 Å². The molecule has 6 rings (SSSR count). The minimum Gasteiger partial charge on any atom is -0.496 e. The maximum Gasteiger partial charge on any atom is 0.434 e. The normalized spacial score (nSPS) is 18.5. The zero-order valence-electron chi connectivity index (χ0n) is 34.6. The van der Waals surface area contributed by atoms with Crippen LogP contribution in [-0.2, 0) is 34.0 Å². The Bertz CT molecular complexity index is 2100. The van der Waals surface area contributed by atoms with Crippen LogP contribution < -0.4 is 14.2 Å². The number of alkyl halides is 3. The van der Waals surface area contributed by atoms with Crippen LogP contribution in [-0.4, -0.2) is 110 Å². The first kappa shape index (κ1) is 43.9. The molecule has 2 aromatic heterocycles. The van der Waals surface area contributed by atoms with Crippen LogP contribution in [0.1, 0.15) is 82.5 Å². The molecule has 2 unspecified atom stereocenters. The van der Waals surface area contributed by atoms with Crippen molar-refractivity contribution in [3.8, 4) is 16.8 Å². The first-order chi connectivity index (χ1) is 27.6. The summed E-state index contributed by atoms with van der Waals surface area (Å²) in [5.74, 6) is 0.0214. The van der Waals surface area contributed by atoms with E-state index >= 15 is 4.79 Å². The average molecular weight is 867 g/mol. The third kappa shape index (κ3) is 10.0. The zero-order valence-corrected chi connectivity index (χ0v) is 36.1. The smallest absolute Gasteiger partial charge is 0.434 e. The zero-order chi connectivity index (χ0) is 43.2. The summed E-state index contributed by atoms with van der Waals surface area (Å²) < 4.78 is 69.3. The number of fused-ring (bicyclic) bond motifs is 2. The molecule has 19 heteroatoms. The Kier molecular flexibility index (Phi) is 12.4. The van der Waals surface area contributed by atoms with E-state index in [1.807, 2.05) is 30.0 Å². The van der Waals surface area contributed by atoms with Crippen LogP contribution in [0.3, 0.4) is 0 Å². The SMILES string of the molecule is COc1cccc(CN(C(=O)C2=C(c3cnc(OCCOc4nn(C)c(C(F)(F)F)c4Cl)s3)CC3CN(C(=O)OC(C)(C)C)CC2N3C(=O)OC(C)(C)C)C2CC2)c1C. The molecule has 2 atom stereocenters. The van der Waals surface area contributed by atoms with Gasteiger partial charge in [-0.1, -0.05) is 35.1 Å². The van der Waals surface area contributed by atoms with Gasteiger partial charge in [-0.25, -0.2) is 14.6 Å². The van der Waals surface area contributed by atoms with E-state index in [1.54, 1.807) is 64.6 Å². The van der Waals surface area contributed by atoms with Crippen molar-refractivity contribution in [1.29, 1.82) is 0 Å². The lowest BCUT2D eigenvalue weighted by atomic mass is 9.83. The molecule has 3 aromatic rings. The van der Waals surface area contributed by atoms with Crippen molar-refractivity contribution >= 4 is 46.6 Å². The summed E-state index contributed by atoms with van der Waals surface area (Å²) in [7, 11) is 2.72. The Labute approximate surface area is 350 Å². The molecular weight excluding hydrogens is 817 g/mol. The largest absolute Gasteiger partial charge is 0.496 e. The van der Waals surface area contributed by atoms with Crippen LogP contribution in [0.25, 0.3) is 5.57 Å². The molecule has 2 fully saturated rings. The Morgan fingerprint density at radius 3 is 2.25 bits per heavy atom. The van der Waals surface area contributed by atoms with Crippen molar-refractivity contribution in [3.63, 3.8) is 0 Å². The number of methoxy groups -OCH3 is 1. The summed E-state index contributed by atoms with van der Waals surface area (Å²) in [5.41, 5.74) is 0.0296. The van der Waals surface area contributed by atoms with Crippen molar-refractivity contribution in [2.45, 2.75) is 110 Å². The number of halogens is 4. The third-order valence-corrected chi connectivity index (χ3v) is 11.2. The maximum absolute atomic E-state index is 15.3. The van der Waals surface area contributed by atoms with E-state index in [2.05, 4.69) is 10.1 Å². The predicted octanol–water partition coefficient (Wildman–Crippen LogP) is 7.90. The Hall–Kier alpha value is -4.71. The summed E-state index contributed by atoms with van der Waals surface area (Å²) in [6.45, 7) is 12.6. The van der Waals surface area contributed by atoms with Crippen LogP contribution in [0.15, 0.2) is 30.0 Å². The van der Waals surface area contributed by atoms with Gasteiger partial charge in [-0.2, -0.15) is 13.2 Å². The number of thiazole rings is 1. The molecule has 0 N–H and O–H groups in total. The first-order valence-corrected chi connectivity index (χ1v) is 20.4. The Balaban J connectivity index is 1.36. The molecule has 14 nitrogen and oxygen atoms in total. The topological polar surface area (TPSA) is 138 Å². The Morgan fingerprint density at radius 1 is 0.983 bits per heavy atom. The highest BCUT2D eigenvalue weighted by molar-refractivity contribution is 7.14. The highest BCUT2D eigenvalue weighted by Crippen LogP contribution is 2.44. The van der Waals surface area contributed by atoms with Crippen LogP contribution in [0.4, 0.5) is 22.8 Å². The van der Waals surface area contributed by atoms with Crippen molar-refractivity contribution in [2.75, 3.05) is 33.4 Å². The molecule has 59 heavy (non-hydrogen) atoms. The molecule has 1 aliphatic carbocycles. The van der Waals surface area contributed by atoms with Gasteiger partial charge < -0.3 is 33.5 Å². The second-order valence-electron chi connectivity index (χ2n) is 16.7. The predicted molar refractivity (Wildman–Crippen MR) is 213 cm³/mol. The second-order valence-corrected chi connectivity index (χ2v) is 18.1. The number of ether oxygens (including phenoxy) is 5. The second kappa shape index (κ2) is 16.7. The number of aryl methyl sites for hydroxylation is 1. The van der Waals surface area contributed by atoms with Gasteiger partial charge in [0.05, 0.1) is 24.1 Å². The van der Waals surface area contributed by atoms with Gasteiger partial charge in [0, 0.05) is 44.5 Å². The molecule has 2 aliphatic heterocycles. The van der Waals surface area contributed by atoms with Gasteiger partial charge in [0.2, 0.25) is 0 Å². The van der Waals surface area contributed by atoms with Crippen molar-refractivity contribution < 1.29 is 51.2 Å². The van der Waals surface area contributed by atoms with E-state index < -0.39 is 52.4 Å². The van der Waals surface area contributed by atoms with E-state index in [0.717, 1.165) is 31.0 Å². The van der Waals surface area contributed by atoms with E-state index in [0.29, 0.717) is 26.5 Å². The summed E-state index contributed by atoms with van der Waals surface area (Å²) in [5, 5.41) is 3.30. The number of hydrogen-bond donors (Lipinski definition) is 0. The highest BCUT2D eigenvalue weighted by Gasteiger charge is 2.51. The number of nitrogens with zero attached hydrogens (tertiary/aromatic N) is 6. The summed E-state index contributed by atoms with van der Waals surface area (Å²) in [4.78, 5) is 53.1. The lowest BCUT2D eigenvalue weighted by Crippen LogP contribution is -2.66. The molecule has 1 aromatic carbocycles. The van der Waals surface area contributed by atoms with Crippen LogP contribution in [0.5, 0.6) is 16.8 Å². The molecule has 2 bridgehead atoms. The average Bonchev–Trinajstić information content (AvgIpc) is 3.77. The van der Waals surface area contributed by atoms with E-state index in [-0.39, 0.29) is 62.3 Å². The molecule has 0 spiro atoms. The number of rotatable bonds is 11. The van der Waals surface area contributed by atoms with Crippen LogP contribution in [0.2, 0.25) is 5.02 Å². The molecule has 3 aliphatic rings. The number of hydrogen-bond acceptors (Lipinski definition) is 11. The number of carbonyl (C=O) groups excluding carboxylic acids is 3. The number of amides is 3. The van der Waals surface area contributed by atoms with Gasteiger partial charge in [0.1, 0.15) is 35.2 Å². The van der Waals surface area contributed by atoms with Crippen LogP contribution >= 0.6 is 22.9 Å². The van der Waals surface area contributed by atoms with Gasteiger partial charge in [-0.05, 0) is 90.5 Å². The third-order valence-electron chi connectivity index (χ3n) is 9.90. The summed E-state index contributed by atoms with van der Waals surface area (Å²) in [6.07, 6.45) is -2.52. The lowest BCUT2D eigenvalue weighted by molar-refractivity contribution is -0.143. The fraction of sp³-hybridized carbons (Fsp3) is 0.575. The minimum atomic E-state index is -4.72. The van der Waals surface area contributed by atoms with Gasteiger partial charge in [0.25, 0.3) is 17.0 Å². The number of benzene rings is 1. The Morgan fingerprint density at radius 2 is 1.64 bits per heavy atom. The van der Waals surface area contributed by atoms with E-state index in [9.17, 15) is 22.8 Å². The quantitative estimate of drug-likeness (QED) is 0.175. The van der Waals surface area contributed by atoms with Crippen molar-refractivity contribution in [3.05, 3.63) is 56.7 Å². The highest BCUT2D eigenvalue weighted by atomic mass is 35.5. The molecule has 1 saturated heterocycles. The van der Waals surface area contributed by atoms with Crippen LogP contribution in [0, 0.1) is 6.92 Å². The molecule has 4 heterocycles. The number of carbonyl (C=O) groups is 3. The molecule has 0 radical (unpaired) electrons. The van der Waals surface area contributed by atoms with Crippen molar-refractivity contribution in [1.82, 2.24) is 29.5 Å². The lowest BCUT2D eigenvalue weighted by Gasteiger charge is -2.51. The fourth-order valence-electron chi connectivity index (χ4n) is 7.23. The number of piperazine rings is 1. The number of aromatic nitrogens is 3. The molecule has 1 saturated carbocycles. The molecular formula is C40H50ClF3N6O8S. The van der Waals surface area contributed by atoms with Gasteiger partial charge in [-0.15, -0.1) is 5.10 Å². The summed E-state index contributed by atoms with van der Waals surface area (Å²) >= 11 is 7.10. The monoisotopic (exact) mass is 866 g/mol. The van der Waals surface area contributed by atoms with Gasteiger partial charge in [0.15, 0.2) is 5.69 Å². The molecule has 322 valence electrons. The van der Waals surface area contributed by atoms with Gasteiger partial charge in [-0.3, -0.25) is 14.4 Å². The molecule has 3 amide bonds. The minimum absolute atomic E-state index is 0.0302. The fourth-order valence-corrected chi connectivity index (χ4v) is 8.41. The summed E-state index contributed by atoms with van der Waals surface area (Å²) in [6, 6.07) is 4.14. The standard InChI is InChI=1S/C40H50ClF3N6O8S/c1-22-23(11-10-12-28(22)54-9)19-49(24-13-14-24)34(51)30-26(29-18-45-35(59-29)56-16-15-55-33-31(41)32(40(42,43)44)47(8)46-33)17-25-20-48(36(52)57-38(2,3)4)21-27(30)50(25)37(53)58-39(5,6)7/h10-12,18,24-25,27H,13-17,19-21H2,1-9H3. The maximum atomic E-state index is 15.3. The van der Waals surface area contributed by atoms with Gasteiger partial charge >= 0.3 is 18.4 Å². The first-order valence-electron chi connectivity index (χ1n) is 19.2. The van der Waals surface area contributed by atoms with E-state index in [4.69, 9.17) is 35.3 Å². The van der Waals surface area contributed by atoms with Crippen molar-refractivity contribution in [2.24, 2.45) is 7.05 Å².